The minimum atomic E-state index is -0.713. The van der Waals surface area contributed by atoms with Gasteiger partial charge in [-0.1, -0.05) is 90.0 Å². The number of H-pyrrole nitrogens is 1. The Labute approximate surface area is 247 Å². The highest BCUT2D eigenvalue weighted by Crippen LogP contribution is 2.45. The van der Waals surface area contributed by atoms with Gasteiger partial charge in [-0.25, -0.2) is 9.69 Å². The maximum absolute atomic E-state index is 14.3. The molecule has 2 aliphatic rings. The first-order chi connectivity index (χ1) is 20.4. The number of para-hydroxylation sites is 2. The third-order valence-electron chi connectivity index (χ3n) is 8.23. The van der Waals surface area contributed by atoms with E-state index in [1.165, 1.54) is 4.90 Å². The molecule has 1 saturated heterocycles. The van der Waals surface area contributed by atoms with Crippen molar-refractivity contribution in [1.82, 2.24) is 15.2 Å². The van der Waals surface area contributed by atoms with Crippen LogP contribution in [0, 0.1) is 6.92 Å². The second kappa shape index (κ2) is 10.2. The zero-order chi connectivity index (χ0) is 29.0. The maximum atomic E-state index is 14.3. The summed E-state index contributed by atoms with van der Waals surface area (Å²) >= 11 is 6.28. The van der Waals surface area contributed by atoms with Crippen LogP contribution in [0.3, 0.4) is 0 Å². The summed E-state index contributed by atoms with van der Waals surface area (Å²) in [5.74, 6) is -0.748. The fraction of sp³-hybridized carbons (Fsp3) is 0.147. The first-order valence-corrected chi connectivity index (χ1v) is 14.2. The Hall–Kier alpha value is -4.88. The van der Waals surface area contributed by atoms with Crippen molar-refractivity contribution in [3.63, 3.8) is 0 Å². The average Bonchev–Trinajstić information content (AvgIpc) is 3.50. The number of halogens is 1. The van der Waals surface area contributed by atoms with Crippen LogP contribution in [0.25, 0.3) is 10.9 Å². The zero-order valence-corrected chi connectivity index (χ0v) is 23.6. The smallest absolute Gasteiger partial charge is 0.332 e. The molecule has 0 unspecified atom stereocenters. The molecule has 0 radical (unpaired) electrons. The van der Waals surface area contributed by atoms with Gasteiger partial charge in [-0.2, -0.15) is 0 Å². The van der Waals surface area contributed by atoms with Gasteiger partial charge in [0.05, 0.1) is 11.3 Å². The Bertz CT molecular complexity index is 1880. The summed E-state index contributed by atoms with van der Waals surface area (Å²) in [5.41, 5.74) is 6.19. The van der Waals surface area contributed by atoms with Crippen LogP contribution in [0.5, 0.6) is 0 Å². The topological polar surface area (TPSA) is 85.5 Å². The standard InChI is InChI=1S/C34H27ClN4O3/c1-20-14-16-21(17-15-20)31-30-25(23-9-3-6-12-27(23)37-30)18-29-33(41)39(34(42)38(29)31)28-13-7-4-10-24(28)32(40)36-19-22-8-2-5-11-26(22)35/h2-17,29,31,37H,18-19H2,1H3,(H,36,40)/t29-,31+/m0/s1. The van der Waals surface area contributed by atoms with Crippen LogP contribution in [-0.4, -0.2) is 33.8 Å². The predicted molar refractivity (Wildman–Crippen MR) is 163 cm³/mol. The third kappa shape index (κ3) is 4.16. The van der Waals surface area contributed by atoms with E-state index < -0.39 is 24.0 Å². The van der Waals surface area contributed by atoms with E-state index in [2.05, 4.69) is 10.3 Å². The first kappa shape index (κ1) is 26.0. The van der Waals surface area contributed by atoms with Crippen molar-refractivity contribution >= 4 is 46.0 Å². The quantitative estimate of drug-likeness (QED) is 0.234. The maximum Gasteiger partial charge on any atom is 0.332 e. The van der Waals surface area contributed by atoms with E-state index in [1.54, 1.807) is 35.2 Å². The first-order valence-electron chi connectivity index (χ1n) is 13.9. The Morgan fingerprint density at radius 1 is 0.929 bits per heavy atom. The van der Waals surface area contributed by atoms with Crippen molar-refractivity contribution < 1.29 is 14.4 Å². The van der Waals surface area contributed by atoms with E-state index in [1.807, 2.05) is 73.7 Å². The van der Waals surface area contributed by atoms with E-state index in [4.69, 9.17) is 11.6 Å². The normalized spacial score (nSPS) is 17.9. The molecule has 4 amide bonds. The molecule has 5 aromatic rings. The van der Waals surface area contributed by atoms with Gasteiger partial charge in [-0.15, -0.1) is 0 Å². The number of benzene rings is 4. The summed E-state index contributed by atoms with van der Waals surface area (Å²) in [4.78, 5) is 48.2. The molecule has 1 aromatic heterocycles. The number of aryl methyl sites for hydroxylation is 1. The second-order valence-corrected chi connectivity index (χ2v) is 11.2. The fourth-order valence-corrected chi connectivity index (χ4v) is 6.37. The fourth-order valence-electron chi connectivity index (χ4n) is 6.16. The summed E-state index contributed by atoms with van der Waals surface area (Å²) in [6.45, 7) is 2.22. The molecule has 1 fully saturated rings. The van der Waals surface area contributed by atoms with Crippen LogP contribution in [-0.2, 0) is 17.8 Å². The number of imide groups is 1. The molecule has 7 rings (SSSR count). The molecule has 42 heavy (non-hydrogen) atoms. The summed E-state index contributed by atoms with van der Waals surface area (Å²) < 4.78 is 0. The van der Waals surface area contributed by atoms with Crippen molar-refractivity contribution in [2.75, 3.05) is 4.90 Å². The van der Waals surface area contributed by atoms with Crippen LogP contribution in [0.15, 0.2) is 97.1 Å². The van der Waals surface area contributed by atoms with Gasteiger partial charge in [0.25, 0.3) is 11.8 Å². The van der Waals surface area contributed by atoms with Gasteiger partial charge in [0.15, 0.2) is 0 Å². The van der Waals surface area contributed by atoms with Gasteiger partial charge >= 0.3 is 6.03 Å². The SMILES string of the molecule is Cc1ccc([C@@H]2c3[nH]c4ccccc4c3C[C@H]3C(=O)N(c4ccccc4C(=O)NCc4ccccc4Cl)C(=O)N23)cc1. The number of hydrogen-bond acceptors (Lipinski definition) is 3. The lowest BCUT2D eigenvalue weighted by Gasteiger charge is -2.36. The number of nitrogens with one attached hydrogen (secondary N) is 2. The van der Waals surface area contributed by atoms with Gasteiger partial charge < -0.3 is 10.3 Å². The molecular formula is C34H27ClN4O3. The lowest BCUT2D eigenvalue weighted by atomic mass is 9.88. The number of carbonyl (C=O) groups is 3. The monoisotopic (exact) mass is 574 g/mol. The molecule has 208 valence electrons. The lowest BCUT2D eigenvalue weighted by Crippen LogP contribution is -2.44. The van der Waals surface area contributed by atoms with E-state index >= 15 is 0 Å². The van der Waals surface area contributed by atoms with Gasteiger partial charge in [0.2, 0.25) is 0 Å². The number of aromatic nitrogens is 1. The van der Waals surface area contributed by atoms with Crippen LogP contribution in [0.4, 0.5) is 10.5 Å². The van der Waals surface area contributed by atoms with E-state index in [0.717, 1.165) is 38.9 Å². The lowest BCUT2D eigenvalue weighted by molar-refractivity contribution is -0.120. The van der Waals surface area contributed by atoms with Crippen molar-refractivity contribution in [2.24, 2.45) is 0 Å². The number of anilines is 1. The van der Waals surface area contributed by atoms with E-state index in [9.17, 15) is 14.4 Å². The number of amides is 4. The average molecular weight is 575 g/mol. The molecular weight excluding hydrogens is 548 g/mol. The van der Waals surface area contributed by atoms with E-state index in [0.29, 0.717) is 11.4 Å². The predicted octanol–water partition coefficient (Wildman–Crippen LogP) is 6.54. The van der Waals surface area contributed by atoms with Gasteiger partial charge in [0.1, 0.15) is 12.1 Å². The number of fused-ring (bicyclic) bond motifs is 4. The van der Waals surface area contributed by atoms with Crippen molar-refractivity contribution in [2.45, 2.75) is 32.0 Å². The summed E-state index contributed by atoms with van der Waals surface area (Å²) in [5, 5.41) is 4.48. The number of aromatic amines is 1. The minimum Gasteiger partial charge on any atom is -0.356 e. The molecule has 0 aliphatic carbocycles. The molecule has 7 nitrogen and oxygen atoms in total. The molecule has 4 aromatic carbocycles. The highest BCUT2D eigenvalue weighted by Gasteiger charge is 2.53. The molecule has 2 aliphatic heterocycles. The summed E-state index contributed by atoms with van der Waals surface area (Å²) in [6.07, 6.45) is 0.379. The second-order valence-electron chi connectivity index (χ2n) is 10.8. The van der Waals surface area contributed by atoms with Crippen molar-refractivity contribution in [3.05, 3.63) is 136 Å². The zero-order valence-electron chi connectivity index (χ0n) is 22.8. The molecule has 2 atom stereocenters. The van der Waals surface area contributed by atoms with Crippen molar-refractivity contribution in [3.8, 4) is 0 Å². The molecule has 2 N–H and O–H groups in total. The van der Waals surface area contributed by atoms with Crippen LogP contribution in [0.1, 0.15) is 44.3 Å². The molecule has 0 saturated carbocycles. The van der Waals surface area contributed by atoms with Gasteiger partial charge in [-0.05, 0) is 47.9 Å². The Kier molecular flexibility index (Phi) is 6.32. The highest BCUT2D eigenvalue weighted by atomic mass is 35.5. The highest BCUT2D eigenvalue weighted by molar-refractivity contribution is 6.31. The number of rotatable bonds is 5. The summed E-state index contributed by atoms with van der Waals surface area (Å²) in [6, 6.07) is 28.4. The summed E-state index contributed by atoms with van der Waals surface area (Å²) in [7, 11) is 0. The number of urea groups is 1. The third-order valence-corrected chi connectivity index (χ3v) is 8.60. The van der Waals surface area contributed by atoms with Gasteiger partial charge in [-0.3, -0.25) is 14.5 Å². The van der Waals surface area contributed by atoms with Crippen LogP contribution >= 0.6 is 11.6 Å². The Balaban J connectivity index is 1.28. The minimum absolute atomic E-state index is 0.209. The van der Waals surface area contributed by atoms with Crippen molar-refractivity contribution in [1.29, 1.82) is 0 Å². The molecule has 0 bridgehead atoms. The number of nitrogens with zero attached hydrogens (tertiary/aromatic N) is 2. The van der Waals surface area contributed by atoms with E-state index in [-0.39, 0.29) is 23.7 Å². The van der Waals surface area contributed by atoms with Gasteiger partial charge in [0, 0.05) is 34.6 Å². The number of carbonyl (C=O) groups excluding carboxylic acids is 3. The van der Waals surface area contributed by atoms with Crippen LogP contribution < -0.4 is 10.2 Å². The largest absolute Gasteiger partial charge is 0.356 e. The number of hydrogen-bond donors (Lipinski definition) is 2. The Morgan fingerprint density at radius 3 is 2.45 bits per heavy atom. The van der Waals surface area contributed by atoms with Crippen LogP contribution in [0.2, 0.25) is 5.02 Å². The molecule has 3 heterocycles. The molecule has 8 heteroatoms. The molecule has 0 spiro atoms. The Morgan fingerprint density at radius 2 is 1.64 bits per heavy atom.